The highest BCUT2D eigenvalue weighted by Crippen LogP contribution is 2.48. The van der Waals surface area contributed by atoms with Crippen LogP contribution in [0.5, 0.6) is 0 Å². The van der Waals surface area contributed by atoms with E-state index in [1.807, 2.05) is 24.3 Å². The topological polar surface area (TPSA) is 46.2 Å². The van der Waals surface area contributed by atoms with Gasteiger partial charge in [0.15, 0.2) is 0 Å². The first kappa shape index (κ1) is 13.9. The molecule has 5 heteroatoms. The highest BCUT2D eigenvalue weighted by atomic mass is 32.2. The van der Waals surface area contributed by atoms with Crippen LogP contribution < -0.4 is 4.72 Å². The molecule has 0 saturated heterocycles. The molecule has 3 aromatic rings. The van der Waals surface area contributed by atoms with Crippen LogP contribution in [0.3, 0.4) is 0 Å². The van der Waals surface area contributed by atoms with Crippen LogP contribution in [-0.4, -0.2) is 8.42 Å². The lowest BCUT2D eigenvalue weighted by Gasteiger charge is -2.19. The third kappa shape index (κ3) is 2.26. The van der Waals surface area contributed by atoms with Crippen molar-refractivity contribution in [3.8, 4) is 0 Å². The molecule has 1 saturated carbocycles. The predicted octanol–water partition coefficient (Wildman–Crippen LogP) is 3.87. The van der Waals surface area contributed by atoms with Crippen LogP contribution in [0.4, 0.5) is 0 Å². The van der Waals surface area contributed by atoms with Gasteiger partial charge in [-0.1, -0.05) is 48.5 Å². The Labute approximate surface area is 133 Å². The molecule has 0 unspecified atom stereocenters. The van der Waals surface area contributed by atoms with Gasteiger partial charge in [0, 0.05) is 0 Å². The van der Waals surface area contributed by atoms with Crippen LogP contribution in [0, 0.1) is 0 Å². The summed E-state index contributed by atoms with van der Waals surface area (Å²) in [7, 11) is -3.46. The van der Waals surface area contributed by atoms with Crippen molar-refractivity contribution < 1.29 is 8.42 Å². The second-order valence-electron chi connectivity index (χ2n) is 5.65. The summed E-state index contributed by atoms with van der Waals surface area (Å²) in [5, 5.41) is 4.05. The van der Waals surface area contributed by atoms with Gasteiger partial charge in [0.1, 0.15) is 4.21 Å². The number of thiophene rings is 1. The highest BCUT2D eigenvalue weighted by Gasteiger charge is 2.48. The zero-order chi connectivity index (χ0) is 15.2. The first-order chi connectivity index (χ1) is 10.6. The molecule has 3 nitrogen and oxygen atoms in total. The molecule has 0 spiro atoms. The van der Waals surface area contributed by atoms with Gasteiger partial charge in [-0.15, -0.1) is 11.3 Å². The number of hydrogen-bond donors (Lipinski definition) is 1. The maximum atomic E-state index is 12.6. The molecule has 0 aliphatic heterocycles. The smallest absolute Gasteiger partial charge is 0.206 e. The van der Waals surface area contributed by atoms with Crippen molar-refractivity contribution in [1.29, 1.82) is 0 Å². The summed E-state index contributed by atoms with van der Waals surface area (Å²) in [5.74, 6) is 0. The number of sulfonamides is 1. The van der Waals surface area contributed by atoms with Gasteiger partial charge in [-0.2, -0.15) is 4.72 Å². The average Bonchev–Trinajstić information content (AvgIpc) is 3.06. The summed E-state index contributed by atoms with van der Waals surface area (Å²) in [6, 6.07) is 17.6. The van der Waals surface area contributed by atoms with E-state index >= 15 is 0 Å². The van der Waals surface area contributed by atoms with Crippen LogP contribution >= 0.6 is 11.3 Å². The number of rotatable bonds is 4. The normalized spacial score (nSPS) is 16.7. The van der Waals surface area contributed by atoms with E-state index in [9.17, 15) is 8.42 Å². The molecule has 0 amide bonds. The van der Waals surface area contributed by atoms with E-state index in [2.05, 4.69) is 22.9 Å². The fraction of sp³-hybridized carbons (Fsp3) is 0.176. The van der Waals surface area contributed by atoms with Gasteiger partial charge in [0.25, 0.3) is 10.0 Å². The Balaban J connectivity index is 1.78. The first-order valence-corrected chi connectivity index (χ1v) is 9.53. The molecule has 0 bridgehead atoms. The van der Waals surface area contributed by atoms with E-state index in [0.29, 0.717) is 4.21 Å². The summed E-state index contributed by atoms with van der Waals surface area (Å²) in [5.41, 5.74) is 0.620. The maximum absolute atomic E-state index is 12.6. The quantitative estimate of drug-likeness (QED) is 0.790. The zero-order valence-corrected chi connectivity index (χ0v) is 13.5. The van der Waals surface area contributed by atoms with Gasteiger partial charge in [-0.05, 0) is 40.6 Å². The molecule has 1 aromatic heterocycles. The Morgan fingerprint density at radius 1 is 0.955 bits per heavy atom. The van der Waals surface area contributed by atoms with Crippen molar-refractivity contribution in [2.75, 3.05) is 0 Å². The van der Waals surface area contributed by atoms with E-state index in [-0.39, 0.29) is 0 Å². The Morgan fingerprint density at radius 3 is 2.45 bits per heavy atom. The van der Waals surface area contributed by atoms with Crippen LogP contribution in [-0.2, 0) is 15.6 Å². The third-order valence-electron chi connectivity index (χ3n) is 4.14. The molecule has 1 N–H and O–H groups in total. The van der Waals surface area contributed by atoms with E-state index < -0.39 is 15.6 Å². The van der Waals surface area contributed by atoms with Gasteiger partial charge in [0.05, 0.1) is 5.54 Å². The van der Waals surface area contributed by atoms with E-state index in [4.69, 9.17) is 0 Å². The zero-order valence-electron chi connectivity index (χ0n) is 11.8. The Kier molecular flexibility index (Phi) is 3.11. The van der Waals surface area contributed by atoms with Crippen molar-refractivity contribution in [1.82, 2.24) is 4.72 Å². The minimum absolute atomic E-state index is 0.374. The predicted molar refractivity (Wildman–Crippen MR) is 89.5 cm³/mol. The molecule has 1 heterocycles. The fourth-order valence-electron chi connectivity index (χ4n) is 2.92. The molecular formula is C17H15NO2S2. The van der Waals surface area contributed by atoms with Gasteiger partial charge < -0.3 is 0 Å². The van der Waals surface area contributed by atoms with Crippen molar-refractivity contribution in [3.63, 3.8) is 0 Å². The van der Waals surface area contributed by atoms with Gasteiger partial charge in [-0.3, -0.25) is 0 Å². The molecule has 1 aliphatic carbocycles. The summed E-state index contributed by atoms with van der Waals surface area (Å²) >= 11 is 1.25. The minimum atomic E-state index is -3.46. The molecule has 2 aromatic carbocycles. The van der Waals surface area contributed by atoms with Crippen LogP contribution in [0.1, 0.15) is 18.4 Å². The van der Waals surface area contributed by atoms with E-state index in [1.54, 1.807) is 17.5 Å². The lowest BCUT2D eigenvalue weighted by molar-refractivity contribution is 0.555. The molecular weight excluding hydrogens is 314 g/mol. The summed E-state index contributed by atoms with van der Waals surface area (Å²) in [6.07, 6.45) is 1.68. The SMILES string of the molecule is O=S(=O)(NC1(c2cccc3ccccc23)CC1)c1cccs1. The first-order valence-electron chi connectivity index (χ1n) is 7.17. The Hall–Kier alpha value is -1.69. The highest BCUT2D eigenvalue weighted by molar-refractivity contribution is 7.91. The lowest BCUT2D eigenvalue weighted by atomic mass is 9.98. The van der Waals surface area contributed by atoms with E-state index in [0.717, 1.165) is 29.2 Å². The average molecular weight is 329 g/mol. The number of benzene rings is 2. The van der Waals surface area contributed by atoms with Crippen molar-refractivity contribution in [2.24, 2.45) is 0 Å². The fourth-order valence-corrected chi connectivity index (χ4v) is 5.35. The summed E-state index contributed by atoms with van der Waals surface area (Å²) < 4.78 is 28.4. The molecule has 0 radical (unpaired) electrons. The van der Waals surface area contributed by atoms with Crippen molar-refractivity contribution >= 4 is 32.1 Å². The second kappa shape index (κ2) is 4.91. The van der Waals surface area contributed by atoms with Gasteiger partial charge in [0.2, 0.25) is 0 Å². The Morgan fingerprint density at radius 2 is 1.73 bits per heavy atom. The van der Waals surface area contributed by atoms with E-state index in [1.165, 1.54) is 11.3 Å². The maximum Gasteiger partial charge on any atom is 0.250 e. The Bertz CT molecular complexity index is 921. The number of fused-ring (bicyclic) bond motifs is 1. The summed E-state index contributed by atoms with van der Waals surface area (Å²) in [6.45, 7) is 0. The molecule has 22 heavy (non-hydrogen) atoms. The third-order valence-corrected chi connectivity index (χ3v) is 7.08. The monoisotopic (exact) mass is 329 g/mol. The minimum Gasteiger partial charge on any atom is -0.206 e. The number of nitrogens with one attached hydrogen (secondary N) is 1. The largest absolute Gasteiger partial charge is 0.250 e. The van der Waals surface area contributed by atoms with Crippen LogP contribution in [0.15, 0.2) is 64.2 Å². The molecule has 1 fully saturated rings. The molecule has 0 atom stereocenters. The standard InChI is InChI=1S/C17H15NO2S2/c19-22(20,16-9-4-12-21-16)18-17(10-11-17)15-8-3-6-13-5-1-2-7-14(13)15/h1-9,12,18H,10-11H2. The van der Waals surface area contributed by atoms with Crippen molar-refractivity contribution in [3.05, 3.63) is 65.5 Å². The second-order valence-corrected chi connectivity index (χ2v) is 8.50. The lowest BCUT2D eigenvalue weighted by Crippen LogP contribution is -2.34. The molecule has 4 rings (SSSR count). The van der Waals surface area contributed by atoms with Crippen LogP contribution in [0.2, 0.25) is 0 Å². The van der Waals surface area contributed by atoms with Crippen molar-refractivity contribution in [2.45, 2.75) is 22.6 Å². The molecule has 112 valence electrons. The molecule has 1 aliphatic rings. The van der Waals surface area contributed by atoms with Gasteiger partial charge >= 0.3 is 0 Å². The number of hydrogen-bond acceptors (Lipinski definition) is 3. The van der Waals surface area contributed by atoms with Gasteiger partial charge in [-0.25, -0.2) is 8.42 Å². The van der Waals surface area contributed by atoms with Crippen LogP contribution in [0.25, 0.3) is 10.8 Å². The summed E-state index contributed by atoms with van der Waals surface area (Å²) in [4.78, 5) is 0.